The number of aromatic nitrogens is 2. The molecule has 0 spiro atoms. The number of urea groups is 1. The molecule has 0 bridgehead atoms. The van der Waals surface area contributed by atoms with E-state index >= 15 is 0 Å². The van der Waals surface area contributed by atoms with E-state index in [1.54, 1.807) is 24.3 Å². The highest BCUT2D eigenvalue weighted by Crippen LogP contribution is 2.22. The average Bonchev–Trinajstić information content (AvgIpc) is 2.65. The molecule has 0 saturated carbocycles. The Morgan fingerprint density at radius 2 is 1.50 bits per heavy atom. The zero-order chi connectivity index (χ0) is 19.9. The molecule has 9 heteroatoms. The summed E-state index contributed by atoms with van der Waals surface area (Å²) in [5.41, 5.74) is 1.01. The molecule has 28 heavy (non-hydrogen) atoms. The molecular weight excluding hydrogens is 365 g/mol. The van der Waals surface area contributed by atoms with Crippen LogP contribution in [0.5, 0.6) is 11.6 Å². The van der Waals surface area contributed by atoms with Crippen molar-refractivity contribution in [2.75, 3.05) is 16.0 Å². The minimum atomic E-state index is -0.462. The lowest BCUT2D eigenvalue weighted by atomic mass is 10.3. The van der Waals surface area contributed by atoms with Crippen LogP contribution < -0.4 is 20.7 Å². The molecule has 0 atom stereocenters. The molecule has 0 fully saturated rings. The fourth-order valence-corrected chi connectivity index (χ4v) is 2.20. The van der Waals surface area contributed by atoms with Crippen LogP contribution >= 0.6 is 0 Å². The van der Waals surface area contributed by atoms with Crippen LogP contribution in [0.25, 0.3) is 0 Å². The van der Waals surface area contributed by atoms with Crippen LogP contribution in [-0.4, -0.2) is 21.9 Å². The zero-order valence-corrected chi connectivity index (χ0v) is 14.8. The second kappa shape index (κ2) is 8.58. The summed E-state index contributed by atoms with van der Waals surface area (Å²) in [6, 6.07) is 13.1. The molecule has 0 radical (unpaired) electrons. The molecule has 0 unspecified atom stereocenters. The number of carbonyl (C=O) groups excluding carboxylic acids is 2. The highest BCUT2D eigenvalue weighted by atomic mass is 19.1. The number of benzene rings is 2. The van der Waals surface area contributed by atoms with Gasteiger partial charge in [0.1, 0.15) is 23.7 Å². The Hall–Kier alpha value is -4.01. The van der Waals surface area contributed by atoms with Gasteiger partial charge in [0.25, 0.3) is 0 Å². The SMILES string of the molecule is CC(=O)Nc1cc(Oc2ccc(NC(=O)Nc3ccc(F)cc3)cc2)ncn1. The maximum Gasteiger partial charge on any atom is 0.323 e. The van der Waals surface area contributed by atoms with Gasteiger partial charge in [-0.2, -0.15) is 0 Å². The number of halogens is 1. The van der Waals surface area contributed by atoms with E-state index in [0.717, 1.165) is 0 Å². The van der Waals surface area contributed by atoms with Gasteiger partial charge in [-0.25, -0.2) is 19.2 Å². The molecular formula is C19H16FN5O3. The molecule has 3 aromatic rings. The van der Waals surface area contributed by atoms with Gasteiger partial charge in [0.15, 0.2) is 0 Å². The summed E-state index contributed by atoms with van der Waals surface area (Å²) in [6.07, 6.45) is 1.27. The minimum absolute atomic E-state index is 0.251. The molecule has 8 nitrogen and oxygen atoms in total. The Balaban J connectivity index is 1.58. The highest BCUT2D eigenvalue weighted by Gasteiger charge is 2.05. The Morgan fingerprint density at radius 3 is 2.11 bits per heavy atom. The van der Waals surface area contributed by atoms with E-state index in [1.165, 1.54) is 43.6 Å². The lowest BCUT2D eigenvalue weighted by Gasteiger charge is -2.09. The molecule has 0 aliphatic rings. The van der Waals surface area contributed by atoms with Crippen molar-refractivity contribution in [2.45, 2.75) is 6.92 Å². The number of nitrogens with zero attached hydrogens (tertiary/aromatic N) is 2. The molecule has 2 aromatic carbocycles. The number of nitrogens with one attached hydrogen (secondary N) is 3. The largest absolute Gasteiger partial charge is 0.439 e. The fraction of sp³-hybridized carbons (Fsp3) is 0.0526. The molecule has 3 amide bonds. The molecule has 0 aliphatic heterocycles. The number of hydrogen-bond acceptors (Lipinski definition) is 5. The Bertz CT molecular complexity index is 978. The van der Waals surface area contributed by atoms with Crippen LogP contribution in [-0.2, 0) is 4.79 Å². The van der Waals surface area contributed by atoms with E-state index in [9.17, 15) is 14.0 Å². The van der Waals surface area contributed by atoms with Crippen molar-refractivity contribution in [3.63, 3.8) is 0 Å². The van der Waals surface area contributed by atoms with Crippen molar-refractivity contribution < 1.29 is 18.7 Å². The van der Waals surface area contributed by atoms with Gasteiger partial charge in [0.2, 0.25) is 11.8 Å². The fourth-order valence-electron chi connectivity index (χ4n) is 2.20. The summed E-state index contributed by atoms with van der Waals surface area (Å²) >= 11 is 0. The molecule has 1 aromatic heterocycles. The molecule has 142 valence electrons. The first-order chi connectivity index (χ1) is 13.5. The van der Waals surface area contributed by atoms with Crippen molar-refractivity contribution in [3.8, 4) is 11.6 Å². The lowest BCUT2D eigenvalue weighted by Crippen LogP contribution is -2.19. The van der Waals surface area contributed by atoms with Crippen LogP contribution in [0.3, 0.4) is 0 Å². The predicted octanol–water partition coefficient (Wildman–Crippen LogP) is 4.01. The number of hydrogen-bond donors (Lipinski definition) is 3. The van der Waals surface area contributed by atoms with Crippen molar-refractivity contribution in [3.05, 3.63) is 66.7 Å². The quantitative estimate of drug-likeness (QED) is 0.619. The van der Waals surface area contributed by atoms with Crippen molar-refractivity contribution in [2.24, 2.45) is 0 Å². The molecule has 3 rings (SSSR count). The smallest absolute Gasteiger partial charge is 0.323 e. The van der Waals surface area contributed by atoms with Crippen molar-refractivity contribution in [1.82, 2.24) is 9.97 Å². The molecule has 0 saturated heterocycles. The number of ether oxygens (including phenoxy) is 1. The van der Waals surface area contributed by atoms with Crippen LogP contribution in [0.1, 0.15) is 6.92 Å². The standard InChI is InChI=1S/C19H16FN5O3/c1-12(26)23-17-10-18(22-11-21-17)28-16-8-6-15(7-9-16)25-19(27)24-14-4-2-13(20)3-5-14/h2-11H,1H3,(H2,24,25,27)(H,21,22,23,26). The molecule has 3 N–H and O–H groups in total. The predicted molar refractivity (Wildman–Crippen MR) is 102 cm³/mol. The van der Waals surface area contributed by atoms with Gasteiger partial charge in [-0.15, -0.1) is 0 Å². The van der Waals surface area contributed by atoms with Crippen LogP contribution in [0.15, 0.2) is 60.9 Å². The van der Waals surface area contributed by atoms with E-state index in [-0.39, 0.29) is 17.6 Å². The van der Waals surface area contributed by atoms with Gasteiger partial charge >= 0.3 is 6.03 Å². The van der Waals surface area contributed by atoms with E-state index < -0.39 is 6.03 Å². The van der Waals surface area contributed by atoms with Crippen LogP contribution in [0.2, 0.25) is 0 Å². The first kappa shape index (κ1) is 18.8. The number of carbonyl (C=O) groups is 2. The maximum atomic E-state index is 12.9. The monoisotopic (exact) mass is 381 g/mol. The number of rotatable bonds is 5. The second-order valence-corrected chi connectivity index (χ2v) is 5.64. The Morgan fingerprint density at radius 1 is 0.893 bits per heavy atom. The Labute approximate surface area is 159 Å². The van der Waals surface area contributed by atoms with E-state index in [4.69, 9.17) is 4.74 Å². The summed E-state index contributed by atoms with van der Waals surface area (Å²) in [7, 11) is 0. The lowest BCUT2D eigenvalue weighted by molar-refractivity contribution is -0.114. The van der Waals surface area contributed by atoms with Crippen LogP contribution in [0, 0.1) is 5.82 Å². The van der Waals surface area contributed by atoms with Gasteiger partial charge in [0.05, 0.1) is 0 Å². The number of anilines is 3. The van der Waals surface area contributed by atoms with E-state index in [0.29, 0.717) is 22.9 Å². The van der Waals surface area contributed by atoms with Crippen molar-refractivity contribution in [1.29, 1.82) is 0 Å². The molecule has 0 aliphatic carbocycles. The topological polar surface area (TPSA) is 105 Å². The maximum absolute atomic E-state index is 12.9. The third-order valence-electron chi connectivity index (χ3n) is 3.38. The third-order valence-corrected chi connectivity index (χ3v) is 3.38. The zero-order valence-electron chi connectivity index (χ0n) is 14.8. The minimum Gasteiger partial charge on any atom is -0.439 e. The van der Waals surface area contributed by atoms with Gasteiger partial charge in [-0.05, 0) is 48.5 Å². The van der Waals surface area contributed by atoms with Gasteiger partial charge in [-0.1, -0.05) is 0 Å². The summed E-state index contributed by atoms with van der Waals surface area (Å²) in [6.45, 7) is 1.38. The van der Waals surface area contributed by atoms with E-state index in [2.05, 4.69) is 25.9 Å². The van der Waals surface area contributed by atoms with Crippen LogP contribution in [0.4, 0.5) is 26.4 Å². The van der Waals surface area contributed by atoms with Crippen molar-refractivity contribution >= 4 is 29.1 Å². The summed E-state index contributed by atoms with van der Waals surface area (Å²) in [5.74, 6) is 0.437. The average molecular weight is 381 g/mol. The normalized spacial score (nSPS) is 10.1. The summed E-state index contributed by atoms with van der Waals surface area (Å²) in [4.78, 5) is 30.9. The summed E-state index contributed by atoms with van der Waals surface area (Å²) < 4.78 is 18.5. The highest BCUT2D eigenvalue weighted by molar-refractivity contribution is 5.99. The first-order valence-electron chi connectivity index (χ1n) is 8.19. The first-order valence-corrected chi connectivity index (χ1v) is 8.19. The number of amides is 3. The van der Waals surface area contributed by atoms with Gasteiger partial charge in [0, 0.05) is 24.4 Å². The Kier molecular flexibility index (Phi) is 5.75. The van der Waals surface area contributed by atoms with Gasteiger partial charge < -0.3 is 20.7 Å². The third kappa shape index (κ3) is 5.49. The summed E-state index contributed by atoms with van der Waals surface area (Å²) in [5, 5.41) is 7.79. The molecule has 1 heterocycles. The second-order valence-electron chi connectivity index (χ2n) is 5.64. The van der Waals surface area contributed by atoms with Gasteiger partial charge in [-0.3, -0.25) is 4.79 Å². The van der Waals surface area contributed by atoms with E-state index in [1.807, 2.05) is 0 Å².